The van der Waals surface area contributed by atoms with Crippen LogP contribution in [0.3, 0.4) is 0 Å². The minimum atomic E-state index is -0.376. The molecule has 108 valence electrons. The SMILES string of the molecule is C=CC(CC1C(=O)OC(=O)C1C(C)(C)C)C(C)(C)C. The number of hydrogen-bond acceptors (Lipinski definition) is 3. The van der Waals surface area contributed by atoms with Gasteiger partial charge in [0, 0.05) is 0 Å². The minimum absolute atomic E-state index is 0.0239. The number of ether oxygens (including phenoxy) is 1. The van der Waals surface area contributed by atoms with Crippen molar-refractivity contribution in [2.45, 2.75) is 48.0 Å². The Morgan fingerprint density at radius 2 is 1.68 bits per heavy atom. The molecule has 3 heteroatoms. The van der Waals surface area contributed by atoms with Crippen LogP contribution < -0.4 is 0 Å². The number of carbonyl (C=O) groups excluding carboxylic acids is 2. The summed E-state index contributed by atoms with van der Waals surface area (Å²) in [5.41, 5.74) is -0.242. The van der Waals surface area contributed by atoms with E-state index in [-0.39, 0.29) is 40.5 Å². The molecule has 1 aliphatic rings. The van der Waals surface area contributed by atoms with Crippen LogP contribution in [0.4, 0.5) is 0 Å². The number of esters is 2. The molecular formula is C16H26O3. The lowest BCUT2D eigenvalue weighted by Gasteiger charge is -2.33. The lowest BCUT2D eigenvalue weighted by molar-refractivity contribution is -0.154. The van der Waals surface area contributed by atoms with Crippen LogP contribution in [0.15, 0.2) is 12.7 Å². The molecule has 0 aromatic carbocycles. The fourth-order valence-corrected chi connectivity index (χ4v) is 2.80. The van der Waals surface area contributed by atoms with Crippen LogP contribution in [0.5, 0.6) is 0 Å². The lowest BCUT2D eigenvalue weighted by atomic mass is 9.68. The number of hydrogen-bond donors (Lipinski definition) is 0. The first-order valence-electron chi connectivity index (χ1n) is 6.86. The van der Waals surface area contributed by atoms with Crippen LogP contribution in [0.25, 0.3) is 0 Å². The zero-order valence-electron chi connectivity index (χ0n) is 12.9. The number of rotatable bonds is 3. The van der Waals surface area contributed by atoms with Crippen molar-refractivity contribution in [2.24, 2.45) is 28.6 Å². The molecule has 1 saturated heterocycles. The van der Waals surface area contributed by atoms with E-state index in [4.69, 9.17) is 4.74 Å². The van der Waals surface area contributed by atoms with Crippen molar-refractivity contribution in [1.82, 2.24) is 0 Å². The summed E-state index contributed by atoms with van der Waals surface area (Å²) in [4.78, 5) is 23.8. The molecule has 0 radical (unpaired) electrons. The first-order chi connectivity index (χ1) is 8.48. The standard InChI is InChI=1S/C16H26O3/c1-8-10(15(2,3)4)9-11-12(16(5,6)7)14(18)19-13(11)17/h8,10-12H,1,9H2,2-7H3. The topological polar surface area (TPSA) is 43.4 Å². The number of cyclic esters (lactones) is 2. The van der Waals surface area contributed by atoms with Gasteiger partial charge in [-0.25, -0.2) is 0 Å². The molecule has 1 fully saturated rings. The maximum Gasteiger partial charge on any atom is 0.318 e. The Hall–Kier alpha value is -1.12. The van der Waals surface area contributed by atoms with Crippen molar-refractivity contribution in [3.63, 3.8) is 0 Å². The molecule has 0 saturated carbocycles. The predicted octanol–water partition coefficient (Wildman–Crippen LogP) is 3.59. The monoisotopic (exact) mass is 266 g/mol. The second-order valence-corrected chi connectivity index (χ2v) is 7.63. The van der Waals surface area contributed by atoms with Crippen LogP contribution in [-0.4, -0.2) is 11.9 Å². The molecule has 3 unspecified atom stereocenters. The Kier molecular flexibility index (Phi) is 4.28. The molecule has 0 aromatic heterocycles. The molecule has 3 atom stereocenters. The third-order valence-electron chi connectivity index (χ3n) is 4.00. The summed E-state index contributed by atoms with van der Waals surface area (Å²) in [6, 6.07) is 0. The maximum absolute atomic E-state index is 11.9. The van der Waals surface area contributed by atoms with Gasteiger partial charge in [-0.15, -0.1) is 6.58 Å². The summed E-state index contributed by atoms with van der Waals surface area (Å²) in [5.74, 6) is -1.28. The summed E-state index contributed by atoms with van der Waals surface area (Å²) < 4.78 is 4.86. The Balaban J connectivity index is 3.00. The normalized spacial score (nSPS) is 26.2. The Morgan fingerprint density at radius 1 is 1.16 bits per heavy atom. The van der Waals surface area contributed by atoms with E-state index in [0.29, 0.717) is 6.42 Å². The van der Waals surface area contributed by atoms with Crippen LogP contribution in [0.1, 0.15) is 48.0 Å². The quantitative estimate of drug-likeness (QED) is 0.445. The molecule has 0 N–H and O–H groups in total. The smallest absolute Gasteiger partial charge is 0.318 e. The average Bonchev–Trinajstić information content (AvgIpc) is 2.47. The fraction of sp³-hybridized carbons (Fsp3) is 0.750. The van der Waals surface area contributed by atoms with E-state index in [1.165, 1.54) is 0 Å². The van der Waals surface area contributed by atoms with Gasteiger partial charge >= 0.3 is 11.9 Å². The summed E-state index contributed by atoms with van der Waals surface area (Å²) in [6.07, 6.45) is 2.51. The molecule has 0 aliphatic carbocycles. The molecule has 0 spiro atoms. The highest BCUT2D eigenvalue weighted by Gasteiger charge is 2.50. The summed E-state index contributed by atoms with van der Waals surface area (Å²) in [5, 5.41) is 0. The van der Waals surface area contributed by atoms with Gasteiger partial charge in [0.25, 0.3) is 0 Å². The number of allylic oxidation sites excluding steroid dienone is 1. The van der Waals surface area contributed by atoms with Crippen LogP contribution in [0.2, 0.25) is 0 Å². The molecule has 0 amide bonds. The van der Waals surface area contributed by atoms with Gasteiger partial charge in [0.15, 0.2) is 0 Å². The highest BCUT2D eigenvalue weighted by molar-refractivity contribution is 5.96. The molecule has 19 heavy (non-hydrogen) atoms. The zero-order chi connectivity index (χ0) is 15.0. The van der Waals surface area contributed by atoms with Crippen molar-refractivity contribution in [3.05, 3.63) is 12.7 Å². The Labute approximate surface area is 116 Å². The van der Waals surface area contributed by atoms with E-state index in [9.17, 15) is 9.59 Å². The minimum Gasteiger partial charge on any atom is -0.393 e. The van der Waals surface area contributed by atoms with Crippen LogP contribution >= 0.6 is 0 Å². The van der Waals surface area contributed by atoms with Gasteiger partial charge in [-0.3, -0.25) is 9.59 Å². The fourth-order valence-electron chi connectivity index (χ4n) is 2.80. The van der Waals surface area contributed by atoms with Crippen molar-refractivity contribution in [3.8, 4) is 0 Å². The van der Waals surface area contributed by atoms with Gasteiger partial charge < -0.3 is 4.74 Å². The molecule has 1 heterocycles. The number of carbonyl (C=O) groups is 2. The molecule has 1 aliphatic heterocycles. The molecule has 1 rings (SSSR count). The van der Waals surface area contributed by atoms with Crippen molar-refractivity contribution in [2.75, 3.05) is 0 Å². The van der Waals surface area contributed by atoms with Gasteiger partial charge in [-0.1, -0.05) is 47.6 Å². The third-order valence-corrected chi connectivity index (χ3v) is 4.00. The summed E-state index contributed by atoms with van der Waals surface area (Å²) in [6.45, 7) is 16.1. The maximum atomic E-state index is 11.9. The Morgan fingerprint density at radius 3 is 2.05 bits per heavy atom. The highest BCUT2D eigenvalue weighted by atomic mass is 16.6. The highest BCUT2D eigenvalue weighted by Crippen LogP contribution is 2.43. The van der Waals surface area contributed by atoms with Gasteiger partial charge in [-0.2, -0.15) is 0 Å². The van der Waals surface area contributed by atoms with Gasteiger partial charge in [-0.05, 0) is 23.2 Å². The van der Waals surface area contributed by atoms with Crippen LogP contribution in [0, 0.1) is 28.6 Å². The molecule has 3 nitrogen and oxygen atoms in total. The predicted molar refractivity (Wildman–Crippen MR) is 75.3 cm³/mol. The van der Waals surface area contributed by atoms with E-state index >= 15 is 0 Å². The van der Waals surface area contributed by atoms with Gasteiger partial charge in [0.05, 0.1) is 11.8 Å². The summed E-state index contributed by atoms with van der Waals surface area (Å²) >= 11 is 0. The second-order valence-electron chi connectivity index (χ2n) is 7.63. The van der Waals surface area contributed by atoms with E-state index in [2.05, 4.69) is 27.4 Å². The average molecular weight is 266 g/mol. The first-order valence-corrected chi connectivity index (χ1v) is 6.86. The van der Waals surface area contributed by atoms with E-state index in [0.717, 1.165) is 0 Å². The zero-order valence-corrected chi connectivity index (χ0v) is 12.9. The third kappa shape index (κ3) is 3.46. The molecule has 0 aromatic rings. The van der Waals surface area contributed by atoms with Gasteiger partial charge in [0.1, 0.15) is 0 Å². The lowest BCUT2D eigenvalue weighted by Crippen LogP contribution is -2.33. The van der Waals surface area contributed by atoms with Crippen molar-refractivity contribution < 1.29 is 14.3 Å². The van der Waals surface area contributed by atoms with Crippen LogP contribution in [-0.2, 0) is 14.3 Å². The first kappa shape index (κ1) is 15.9. The second kappa shape index (κ2) is 5.10. The van der Waals surface area contributed by atoms with E-state index in [1.54, 1.807) is 0 Å². The van der Waals surface area contributed by atoms with Gasteiger partial charge in [0.2, 0.25) is 0 Å². The largest absolute Gasteiger partial charge is 0.393 e. The molecule has 0 bridgehead atoms. The Bertz CT molecular complexity index is 382. The van der Waals surface area contributed by atoms with E-state index < -0.39 is 0 Å². The van der Waals surface area contributed by atoms with E-state index in [1.807, 2.05) is 26.8 Å². The van der Waals surface area contributed by atoms with Crippen molar-refractivity contribution in [1.29, 1.82) is 0 Å². The molecular weight excluding hydrogens is 240 g/mol. The van der Waals surface area contributed by atoms with Crippen molar-refractivity contribution >= 4 is 11.9 Å². The summed E-state index contributed by atoms with van der Waals surface area (Å²) in [7, 11) is 0.